The van der Waals surface area contributed by atoms with E-state index in [1.54, 1.807) is 21.8 Å². The average Bonchev–Trinajstić information content (AvgIpc) is 3.26. The van der Waals surface area contributed by atoms with Gasteiger partial charge >= 0.3 is 12.2 Å². The Morgan fingerprint density at radius 3 is 2.58 bits per heavy atom. The maximum atomic E-state index is 12.9. The van der Waals surface area contributed by atoms with E-state index in [1.807, 2.05) is 24.7 Å². The van der Waals surface area contributed by atoms with Crippen molar-refractivity contribution in [1.29, 1.82) is 0 Å². The maximum absolute atomic E-state index is 12.9. The van der Waals surface area contributed by atoms with Crippen LogP contribution in [0.2, 0.25) is 0 Å². The van der Waals surface area contributed by atoms with Crippen molar-refractivity contribution >= 4 is 23.3 Å². The molecule has 33 heavy (non-hydrogen) atoms. The van der Waals surface area contributed by atoms with Crippen LogP contribution in [0.1, 0.15) is 35.7 Å². The standard InChI is InChI=1S/C22H23F3N6O2/c1-20(28-19(33)27-15-5-3-4-14(8-15)22(23,24)25)10-21(11-20)12-30(13-21)18(32)16-9-26-31-7-6-29(2)17(16)31/h3-9H,10-13H2,1-2H3,(H2,27,28,33). The first-order valence-corrected chi connectivity index (χ1v) is 10.5. The van der Waals surface area contributed by atoms with Gasteiger partial charge in [0.05, 0.1) is 11.8 Å². The molecule has 0 radical (unpaired) electrons. The number of imidazole rings is 1. The van der Waals surface area contributed by atoms with E-state index in [0.29, 0.717) is 31.5 Å². The minimum Gasteiger partial charge on any atom is -0.337 e. The Balaban J connectivity index is 1.16. The lowest BCUT2D eigenvalue weighted by molar-refractivity contribution is -0.137. The normalized spacial score (nSPS) is 18.6. The van der Waals surface area contributed by atoms with E-state index in [2.05, 4.69) is 15.7 Å². The summed E-state index contributed by atoms with van der Waals surface area (Å²) in [5.74, 6) is -0.0683. The summed E-state index contributed by atoms with van der Waals surface area (Å²) in [5.41, 5.74) is 0.0245. The number of fused-ring (bicyclic) bond motifs is 1. The molecule has 174 valence electrons. The lowest BCUT2D eigenvalue weighted by atomic mass is 9.54. The summed E-state index contributed by atoms with van der Waals surface area (Å²) in [6.07, 6.45) is 2.10. The van der Waals surface area contributed by atoms with Crippen LogP contribution < -0.4 is 10.6 Å². The summed E-state index contributed by atoms with van der Waals surface area (Å²) in [5, 5.41) is 9.56. The van der Waals surface area contributed by atoms with E-state index in [-0.39, 0.29) is 17.0 Å². The Morgan fingerprint density at radius 1 is 1.15 bits per heavy atom. The fraction of sp³-hybridized carbons (Fsp3) is 0.409. The molecule has 3 aromatic rings. The number of likely N-dealkylation sites (tertiary alicyclic amines) is 1. The highest BCUT2D eigenvalue weighted by Crippen LogP contribution is 2.54. The van der Waals surface area contributed by atoms with E-state index in [9.17, 15) is 22.8 Å². The number of hydrogen-bond donors (Lipinski definition) is 2. The lowest BCUT2D eigenvalue weighted by Gasteiger charge is -2.63. The molecule has 2 aliphatic rings. The summed E-state index contributed by atoms with van der Waals surface area (Å²) < 4.78 is 42.1. The van der Waals surface area contributed by atoms with Gasteiger partial charge in [-0.1, -0.05) is 6.07 Å². The molecule has 8 nitrogen and oxygen atoms in total. The maximum Gasteiger partial charge on any atom is 0.416 e. The van der Waals surface area contributed by atoms with Crippen LogP contribution in [0.25, 0.3) is 5.65 Å². The van der Waals surface area contributed by atoms with Gasteiger partial charge in [0.1, 0.15) is 11.2 Å². The minimum atomic E-state index is -4.48. The monoisotopic (exact) mass is 460 g/mol. The zero-order valence-corrected chi connectivity index (χ0v) is 18.1. The lowest BCUT2D eigenvalue weighted by Crippen LogP contribution is -2.72. The van der Waals surface area contributed by atoms with E-state index in [0.717, 1.165) is 17.8 Å². The average molecular weight is 460 g/mol. The number of anilines is 1. The molecule has 11 heteroatoms. The fourth-order valence-corrected chi connectivity index (χ4v) is 5.40. The molecule has 0 bridgehead atoms. The van der Waals surface area contributed by atoms with Gasteiger partial charge in [-0.2, -0.15) is 18.3 Å². The molecular weight excluding hydrogens is 437 g/mol. The highest BCUT2D eigenvalue weighted by molar-refractivity contribution is 6.00. The van der Waals surface area contributed by atoms with Gasteiger partial charge in [0.2, 0.25) is 0 Å². The van der Waals surface area contributed by atoms with Crippen LogP contribution >= 0.6 is 0 Å². The van der Waals surface area contributed by atoms with E-state index in [1.165, 1.54) is 12.1 Å². The molecule has 2 aromatic heterocycles. The summed E-state index contributed by atoms with van der Waals surface area (Å²) >= 11 is 0. The predicted octanol–water partition coefficient (Wildman–Crippen LogP) is 3.51. The van der Waals surface area contributed by atoms with E-state index < -0.39 is 23.3 Å². The minimum absolute atomic E-state index is 0.0472. The topological polar surface area (TPSA) is 83.7 Å². The van der Waals surface area contributed by atoms with Gasteiger partial charge in [0, 0.05) is 49.2 Å². The van der Waals surface area contributed by atoms with Crippen molar-refractivity contribution in [2.24, 2.45) is 12.5 Å². The first-order valence-electron chi connectivity index (χ1n) is 10.5. The number of halogens is 3. The van der Waals surface area contributed by atoms with Crippen LogP contribution in [0.4, 0.5) is 23.7 Å². The van der Waals surface area contributed by atoms with Crippen LogP contribution in [0.3, 0.4) is 0 Å². The van der Waals surface area contributed by atoms with Crippen LogP contribution in [-0.2, 0) is 13.2 Å². The number of aromatic nitrogens is 3. The van der Waals surface area contributed by atoms with Gasteiger partial charge in [0.15, 0.2) is 0 Å². The van der Waals surface area contributed by atoms with Gasteiger partial charge in [-0.05, 0) is 38.0 Å². The van der Waals surface area contributed by atoms with Crippen LogP contribution in [-0.4, -0.2) is 49.6 Å². The number of amides is 3. The Morgan fingerprint density at radius 2 is 1.88 bits per heavy atom. The number of aryl methyl sites for hydroxylation is 1. The SMILES string of the molecule is Cn1ccn2ncc(C(=O)N3CC4(C3)CC(C)(NC(=O)Nc3cccc(C(F)(F)F)c3)C4)c12. The van der Waals surface area contributed by atoms with Crippen molar-refractivity contribution in [3.63, 3.8) is 0 Å². The Bertz CT molecular complexity index is 1250. The molecule has 5 rings (SSSR count). The molecule has 1 saturated carbocycles. The first kappa shape index (κ1) is 21.4. The fourth-order valence-electron chi connectivity index (χ4n) is 5.40. The van der Waals surface area contributed by atoms with Crippen molar-refractivity contribution in [1.82, 2.24) is 24.4 Å². The van der Waals surface area contributed by atoms with Gasteiger partial charge in [-0.3, -0.25) is 4.79 Å². The molecule has 0 atom stereocenters. The van der Waals surface area contributed by atoms with E-state index in [4.69, 9.17) is 0 Å². The summed E-state index contributed by atoms with van der Waals surface area (Å²) in [6, 6.07) is 3.97. The van der Waals surface area contributed by atoms with Crippen molar-refractivity contribution in [2.45, 2.75) is 31.5 Å². The molecule has 1 aliphatic carbocycles. The zero-order valence-electron chi connectivity index (χ0n) is 18.1. The summed E-state index contributed by atoms with van der Waals surface area (Å²) in [7, 11) is 1.86. The van der Waals surface area contributed by atoms with Crippen molar-refractivity contribution in [3.05, 3.63) is 54.0 Å². The number of urea groups is 1. The van der Waals surface area contributed by atoms with Crippen molar-refractivity contribution < 1.29 is 22.8 Å². The molecule has 1 aliphatic heterocycles. The van der Waals surface area contributed by atoms with Gasteiger partial charge in [-0.25, -0.2) is 9.31 Å². The highest BCUT2D eigenvalue weighted by Gasteiger charge is 2.59. The number of carbonyl (C=O) groups is 2. The molecule has 3 heterocycles. The first-order chi connectivity index (χ1) is 15.5. The summed E-state index contributed by atoms with van der Waals surface area (Å²) in [4.78, 5) is 27.1. The van der Waals surface area contributed by atoms with Crippen LogP contribution in [0.15, 0.2) is 42.9 Å². The van der Waals surface area contributed by atoms with Gasteiger partial charge in [0.25, 0.3) is 5.91 Å². The van der Waals surface area contributed by atoms with Crippen molar-refractivity contribution in [3.8, 4) is 0 Å². The molecule has 1 aromatic carbocycles. The van der Waals surface area contributed by atoms with Crippen molar-refractivity contribution in [2.75, 3.05) is 18.4 Å². The third kappa shape index (κ3) is 3.70. The Kier molecular flexibility index (Phi) is 4.53. The molecule has 2 fully saturated rings. The number of carbonyl (C=O) groups excluding carboxylic acids is 2. The number of nitrogens with one attached hydrogen (secondary N) is 2. The molecule has 1 spiro atoms. The highest BCUT2D eigenvalue weighted by atomic mass is 19.4. The molecule has 0 unspecified atom stereocenters. The van der Waals surface area contributed by atoms with Gasteiger partial charge < -0.3 is 20.1 Å². The Hall–Kier alpha value is -3.50. The van der Waals surface area contributed by atoms with E-state index >= 15 is 0 Å². The second kappa shape index (κ2) is 7.00. The smallest absolute Gasteiger partial charge is 0.337 e. The zero-order chi connectivity index (χ0) is 23.6. The van der Waals surface area contributed by atoms with Gasteiger partial charge in [-0.15, -0.1) is 0 Å². The number of benzene rings is 1. The molecule has 1 saturated heterocycles. The summed E-state index contributed by atoms with van der Waals surface area (Å²) in [6.45, 7) is 3.10. The number of alkyl halides is 3. The molecule has 3 amide bonds. The quantitative estimate of drug-likeness (QED) is 0.628. The number of nitrogens with zero attached hydrogens (tertiary/aromatic N) is 4. The predicted molar refractivity (Wildman–Crippen MR) is 114 cm³/mol. The van der Waals surface area contributed by atoms with Crippen LogP contribution in [0.5, 0.6) is 0 Å². The third-order valence-electron chi connectivity index (χ3n) is 6.50. The third-order valence-corrected chi connectivity index (χ3v) is 6.50. The van der Waals surface area contributed by atoms with Crippen LogP contribution in [0, 0.1) is 5.41 Å². The largest absolute Gasteiger partial charge is 0.416 e. The number of hydrogen-bond acceptors (Lipinski definition) is 3. The number of rotatable bonds is 3. The Labute approximate surface area is 187 Å². The second-order valence-electron chi connectivity index (χ2n) is 9.47. The second-order valence-corrected chi connectivity index (χ2v) is 9.47. The molecule has 2 N–H and O–H groups in total. The molecular formula is C22H23F3N6O2.